The average Bonchev–Trinajstić information content (AvgIpc) is 2.20. The molecule has 2 heteroatoms. The Morgan fingerprint density at radius 3 is 2.86 bits per heavy atom. The Bertz CT molecular complexity index is 449. The number of aromatic nitrogens is 1. The molecule has 0 atom stereocenters. The van der Waals surface area contributed by atoms with Gasteiger partial charge in [0.2, 0.25) is 0 Å². The summed E-state index contributed by atoms with van der Waals surface area (Å²) in [6, 6.07) is 10.5. The van der Waals surface area contributed by atoms with E-state index in [2.05, 4.69) is 47.6 Å². The number of nitrogens with zero attached hydrogens (tertiary/aromatic N) is 1. The first-order chi connectivity index (χ1) is 6.81. The van der Waals surface area contributed by atoms with Crippen molar-refractivity contribution in [1.29, 1.82) is 0 Å². The molecular formula is C12H14N2. The summed E-state index contributed by atoms with van der Waals surface area (Å²) >= 11 is 0. The first-order valence-electron chi connectivity index (χ1n) is 4.81. The fraction of sp³-hybridized carbons (Fsp3) is 0.250. The molecule has 0 aliphatic carbocycles. The maximum Gasteiger partial charge on any atom is 0.0735 e. The fourth-order valence-corrected chi connectivity index (χ4v) is 1.62. The van der Waals surface area contributed by atoms with Crippen molar-refractivity contribution in [3.05, 3.63) is 41.6 Å². The quantitative estimate of drug-likeness (QED) is 0.778. The van der Waals surface area contributed by atoms with Crippen LogP contribution in [-0.4, -0.2) is 12.0 Å². The highest BCUT2D eigenvalue weighted by Crippen LogP contribution is 2.16. The zero-order valence-corrected chi connectivity index (χ0v) is 8.54. The number of fused-ring (bicyclic) bond motifs is 1. The average molecular weight is 186 g/mol. The predicted octanol–water partition coefficient (Wildman–Crippen LogP) is 2.26. The molecule has 0 spiro atoms. The molecule has 0 fully saturated rings. The second-order valence-electron chi connectivity index (χ2n) is 3.48. The topological polar surface area (TPSA) is 24.9 Å². The molecule has 0 saturated carbocycles. The van der Waals surface area contributed by atoms with Gasteiger partial charge in [-0.3, -0.25) is 4.98 Å². The highest BCUT2D eigenvalue weighted by atomic mass is 14.8. The highest BCUT2D eigenvalue weighted by Gasteiger charge is 1.99. The summed E-state index contributed by atoms with van der Waals surface area (Å²) in [4.78, 5) is 4.60. The van der Waals surface area contributed by atoms with E-state index in [0.717, 1.165) is 17.8 Å². The van der Waals surface area contributed by atoms with Crippen molar-refractivity contribution in [2.75, 3.05) is 7.05 Å². The Hall–Kier alpha value is -1.41. The Morgan fingerprint density at radius 1 is 1.21 bits per heavy atom. The van der Waals surface area contributed by atoms with Crippen molar-refractivity contribution in [2.45, 2.75) is 13.5 Å². The van der Waals surface area contributed by atoms with Gasteiger partial charge in [-0.05, 0) is 25.6 Å². The van der Waals surface area contributed by atoms with E-state index >= 15 is 0 Å². The second kappa shape index (κ2) is 3.76. The number of benzene rings is 1. The van der Waals surface area contributed by atoms with Crippen LogP contribution >= 0.6 is 0 Å². The van der Waals surface area contributed by atoms with Crippen molar-refractivity contribution in [2.24, 2.45) is 0 Å². The van der Waals surface area contributed by atoms with Gasteiger partial charge < -0.3 is 5.32 Å². The van der Waals surface area contributed by atoms with E-state index in [0.29, 0.717) is 0 Å². The summed E-state index contributed by atoms with van der Waals surface area (Å²) < 4.78 is 0. The Morgan fingerprint density at radius 2 is 2.07 bits per heavy atom. The van der Waals surface area contributed by atoms with E-state index in [1.54, 1.807) is 0 Å². The van der Waals surface area contributed by atoms with Crippen LogP contribution in [0.15, 0.2) is 30.3 Å². The molecular weight excluding hydrogens is 172 g/mol. The fourth-order valence-electron chi connectivity index (χ4n) is 1.62. The third kappa shape index (κ3) is 1.61. The minimum atomic E-state index is 0.824. The molecule has 1 N–H and O–H groups in total. The Kier molecular flexibility index (Phi) is 2.46. The molecule has 0 bridgehead atoms. The third-order valence-corrected chi connectivity index (χ3v) is 2.34. The SMILES string of the molecule is CNCc1ccc2cccc(C)c2n1. The van der Waals surface area contributed by atoms with Crippen LogP contribution in [0.4, 0.5) is 0 Å². The molecule has 1 aromatic heterocycles. The van der Waals surface area contributed by atoms with E-state index in [1.165, 1.54) is 10.9 Å². The van der Waals surface area contributed by atoms with E-state index in [1.807, 2.05) is 7.05 Å². The van der Waals surface area contributed by atoms with Crippen LogP contribution in [0, 0.1) is 6.92 Å². The molecule has 1 heterocycles. The Labute approximate surface area is 84.0 Å². The van der Waals surface area contributed by atoms with Gasteiger partial charge in [0.15, 0.2) is 0 Å². The van der Waals surface area contributed by atoms with Crippen molar-refractivity contribution < 1.29 is 0 Å². The third-order valence-electron chi connectivity index (χ3n) is 2.34. The monoisotopic (exact) mass is 186 g/mol. The number of hydrogen-bond donors (Lipinski definition) is 1. The first kappa shape index (κ1) is 9.16. The molecule has 2 nitrogen and oxygen atoms in total. The van der Waals surface area contributed by atoms with Gasteiger partial charge in [0.25, 0.3) is 0 Å². The number of nitrogens with one attached hydrogen (secondary N) is 1. The van der Waals surface area contributed by atoms with Crippen molar-refractivity contribution in [3.63, 3.8) is 0 Å². The van der Waals surface area contributed by atoms with Gasteiger partial charge in [0.1, 0.15) is 0 Å². The van der Waals surface area contributed by atoms with E-state index < -0.39 is 0 Å². The van der Waals surface area contributed by atoms with Gasteiger partial charge in [-0.2, -0.15) is 0 Å². The van der Waals surface area contributed by atoms with Gasteiger partial charge in [-0.1, -0.05) is 24.3 Å². The molecule has 72 valence electrons. The van der Waals surface area contributed by atoms with Gasteiger partial charge in [0.05, 0.1) is 11.2 Å². The van der Waals surface area contributed by atoms with Gasteiger partial charge in [0, 0.05) is 11.9 Å². The van der Waals surface area contributed by atoms with Crippen LogP contribution < -0.4 is 5.32 Å². The minimum absolute atomic E-state index is 0.824. The molecule has 2 aromatic rings. The zero-order valence-electron chi connectivity index (χ0n) is 8.54. The van der Waals surface area contributed by atoms with Gasteiger partial charge in [-0.15, -0.1) is 0 Å². The number of pyridine rings is 1. The summed E-state index contributed by atoms with van der Waals surface area (Å²) in [5.41, 5.74) is 3.44. The minimum Gasteiger partial charge on any atom is -0.314 e. The van der Waals surface area contributed by atoms with Crippen LogP contribution in [0.2, 0.25) is 0 Å². The van der Waals surface area contributed by atoms with Crippen LogP contribution in [0.3, 0.4) is 0 Å². The molecule has 0 radical (unpaired) electrons. The number of aryl methyl sites for hydroxylation is 1. The lowest BCUT2D eigenvalue weighted by atomic mass is 10.1. The van der Waals surface area contributed by atoms with Crippen molar-refractivity contribution in [1.82, 2.24) is 10.3 Å². The Balaban J connectivity index is 2.58. The summed E-state index contributed by atoms with van der Waals surface area (Å²) in [6.45, 7) is 2.92. The summed E-state index contributed by atoms with van der Waals surface area (Å²) in [6.07, 6.45) is 0. The molecule has 0 amide bonds. The van der Waals surface area contributed by atoms with Crippen LogP contribution in [0.1, 0.15) is 11.3 Å². The van der Waals surface area contributed by atoms with E-state index in [9.17, 15) is 0 Å². The van der Waals surface area contributed by atoms with E-state index in [4.69, 9.17) is 0 Å². The first-order valence-corrected chi connectivity index (χ1v) is 4.81. The number of rotatable bonds is 2. The second-order valence-corrected chi connectivity index (χ2v) is 3.48. The van der Waals surface area contributed by atoms with Crippen LogP contribution in [0.5, 0.6) is 0 Å². The lowest BCUT2D eigenvalue weighted by Gasteiger charge is -2.04. The lowest BCUT2D eigenvalue weighted by molar-refractivity contribution is 0.795. The molecule has 2 rings (SSSR count). The lowest BCUT2D eigenvalue weighted by Crippen LogP contribution is -2.06. The van der Waals surface area contributed by atoms with Gasteiger partial charge >= 0.3 is 0 Å². The smallest absolute Gasteiger partial charge is 0.0735 e. The summed E-state index contributed by atoms with van der Waals surface area (Å²) in [5.74, 6) is 0. The summed E-state index contributed by atoms with van der Waals surface area (Å²) in [7, 11) is 1.93. The van der Waals surface area contributed by atoms with Crippen LogP contribution in [0.25, 0.3) is 10.9 Å². The standard InChI is InChI=1S/C12H14N2/c1-9-4-3-5-10-6-7-11(8-13-2)14-12(9)10/h3-7,13H,8H2,1-2H3. The van der Waals surface area contributed by atoms with Crippen molar-refractivity contribution >= 4 is 10.9 Å². The zero-order chi connectivity index (χ0) is 9.97. The highest BCUT2D eigenvalue weighted by molar-refractivity contribution is 5.81. The largest absolute Gasteiger partial charge is 0.314 e. The maximum absolute atomic E-state index is 4.60. The molecule has 0 aliphatic rings. The molecule has 0 unspecified atom stereocenters. The molecule has 1 aromatic carbocycles. The normalized spacial score (nSPS) is 10.7. The number of hydrogen-bond acceptors (Lipinski definition) is 2. The number of para-hydroxylation sites is 1. The molecule has 0 saturated heterocycles. The van der Waals surface area contributed by atoms with E-state index in [-0.39, 0.29) is 0 Å². The summed E-state index contributed by atoms with van der Waals surface area (Å²) in [5, 5.41) is 4.32. The molecule has 0 aliphatic heterocycles. The van der Waals surface area contributed by atoms with Gasteiger partial charge in [-0.25, -0.2) is 0 Å². The maximum atomic E-state index is 4.60. The van der Waals surface area contributed by atoms with Crippen molar-refractivity contribution in [3.8, 4) is 0 Å². The molecule has 14 heavy (non-hydrogen) atoms. The van der Waals surface area contributed by atoms with Crippen LogP contribution in [-0.2, 0) is 6.54 Å². The predicted molar refractivity (Wildman–Crippen MR) is 59.2 cm³/mol.